The first-order valence-electron chi connectivity index (χ1n) is 3.33. The van der Waals surface area contributed by atoms with Crippen LogP contribution in [0.5, 0.6) is 0 Å². The lowest BCUT2D eigenvalue weighted by atomic mass is 10.4. The first kappa shape index (κ1) is 8.68. The molecule has 0 saturated carbocycles. The maximum Gasteiger partial charge on any atom is 0.207 e. The van der Waals surface area contributed by atoms with E-state index in [0.29, 0.717) is 12.1 Å². The van der Waals surface area contributed by atoms with Gasteiger partial charge < -0.3 is 5.32 Å². The molecule has 0 spiro atoms. The molecule has 0 fully saturated rings. The largest absolute Gasteiger partial charge is 0.350 e. The highest BCUT2D eigenvalue weighted by atomic mass is 32.1. The maximum atomic E-state index is 10.1. The molecule has 1 atom stereocenters. The minimum absolute atomic E-state index is 0.116. The molecule has 1 N–H and O–H groups in total. The van der Waals surface area contributed by atoms with Crippen LogP contribution in [0.3, 0.4) is 0 Å². The smallest absolute Gasteiger partial charge is 0.207 e. The van der Waals surface area contributed by atoms with Crippen molar-refractivity contribution >= 4 is 17.7 Å². The fourth-order valence-electron chi connectivity index (χ4n) is 0.711. The lowest BCUT2D eigenvalue weighted by molar-refractivity contribution is -0.110. The van der Waals surface area contributed by atoms with Crippen molar-refractivity contribution in [3.05, 3.63) is 16.1 Å². The van der Waals surface area contributed by atoms with Crippen LogP contribution in [0.15, 0.2) is 5.38 Å². The van der Waals surface area contributed by atoms with Gasteiger partial charge in [0.05, 0.1) is 6.04 Å². The molecule has 1 heterocycles. The van der Waals surface area contributed by atoms with Crippen LogP contribution in [0.4, 0.5) is 0 Å². The number of hydrogen-bond acceptors (Lipinski definition) is 4. The van der Waals surface area contributed by atoms with E-state index in [4.69, 9.17) is 5.26 Å². The fourth-order valence-corrected chi connectivity index (χ4v) is 1.47. The molecule has 12 heavy (non-hydrogen) atoms. The molecule has 0 aromatic carbocycles. The SMILES string of the molecule is C[C@H](NC=O)c1nc(C#N)cs1. The summed E-state index contributed by atoms with van der Waals surface area (Å²) in [5.74, 6) is 0. The average molecular weight is 181 g/mol. The van der Waals surface area contributed by atoms with Crippen LogP contribution < -0.4 is 5.32 Å². The second-order valence-electron chi connectivity index (χ2n) is 2.19. The van der Waals surface area contributed by atoms with E-state index in [9.17, 15) is 4.79 Å². The third-order valence-corrected chi connectivity index (χ3v) is 2.35. The summed E-state index contributed by atoms with van der Waals surface area (Å²) in [6, 6.07) is 1.81. The van der Waals surface area contributed by atoms with E-state index in [1.165, 1.54) is 11.3 Å². The van der Waals surface area contributed by atoms with E-state index in [0.717, 1.165) is 5.01 Å². The van der Waals surface area contributed by atoms with Gasteiger partial charge in [-0.2, -0.15) is 5.26 Å². The van der Waals surface area contributed by atoms with E-state index in [1.54, 1.807) is 5.38 Å². The van der Waals surface area contributed by atoms with Crippen molar-refractivity contribution in [3.63, 3.8) is 0 Å². The summed E-state index contributed by atoms with van der Waals surface area (Å²) in [5.41, 5.74) is 0.398. The van der Waals surface area contributed by atoms with E-state index < -0.39 is 0 Å². The number of hydrogen-bond donors (Lipinski definition) is 1. The third kappa shape index (κ3) is 1.80. The Bertz CT molecular complexity index is 315. The van der Waals surface area contributed by atoms with Gasteiger partial charge in [0.25, 0.3) is 0 Å². The van der Waals surface area contributed by atoms with Crippen LogP contribution in [0.2, 0.25) is 0 Å². The number of rotatable bonds is 3. The van der Waals surface area contributed by atoms with E-state index in [2.05, 4.69) is 10.3 Å². The molecule has 62 valence electrons. The molecule has 0 aliphatic heterocycles. The topological polar surface area (TPSA) is 65.8 Å². The standard InChI is InChI=1S/C7H7N3OS/c1-5(9-4-11)7-10-6(2-8)3-12-7/h3-5H,1H3,(H,9,11)/t5-/m0/s1. The van der Waals surface area contributed by atoms with Crippen LogP contribution in [-0.4, -0.2) is 11.4 Å². The lowest BCUT2D eigenvalue weighted by Gasteiger charge is -2.03. The van der Waals surface area contributed by atoms with Crippen LogP contribution in [0, 0.1) is 11.3 Å². The van der Waals surface area contributed by atoms with E-state index in [-0.39, 0.29) is 6.04 Å². The summed E-state index contributed by atoms with van der Waals surface area (Å²) in [6.45, 7) is 1.81. The minimum Gasteiger partial charge on any atom is -0.350 e. The molecule has 0 saturated heterocycles. The Labute approximate surface area is 73.9 Å². The van der Waals surface area contributed by atoms with Crippen molar-refractivity contribution in [2.24, 2.45) is 0 Å². The average Bonchev–Trinajstić information content (AvgIpc) is 2.52. The molecular formula is C7H7N3OS. The predicted molar refractivity (Wildman–Crippen MR) is 44.4 cm³/mol. The first-order chi connectivity index (χ1) is 5.77. The number of nitrogens with one attached hydrogen (secondary N) is 1. The highest BCUT2D eigenvalue weighted by Crippen LogP contribution is 2.16. The Morgan fingerprint density at radius 1 is 1.92 bits per heavy atom. The summed E-state index contributed by atoms with van der Waals surface area (Å²) in [4.78, 5) is 14.0. The van der Waals surface area contributed by atoms with Crippen molar-refractivity contribution in [1.29, 1.82) is 5.26 Å². The summed E-state index contributed by atoms with van der Waals surface area (Å²) in [7, 11) is 0. The summed E-state index contributed by atoms with van der Waals surface area (Å²) >= 11 is 1.37. The number of nitrogens with zero attached hydrogens (tertiary/aromatic N) is 2. The Morgan fingerprint density at radius 2 is 2.67 bits per heavy atom. The molecule has 0 bridgehead atoms. The van der Waals surface area contributed by atoms with Crippen LogP contribution in [-0.2, 0) is 4.79 Å². The summed E-state index contributed by atoms with van der Waals surface area (Å²) in [5, 5.41) is 13.4. The van der Waals surface area contributed by atoms with Gasteiger partial charge in [0.15, 0.2) is 5.69 Å². The van der Waals surface area contributed by atoms with Gasteiger partial charge in [-0.25, -0.2) is 4.98 Å². The molecule has 0 unspecified atom stereocenters. The van der Waals surface area contributed by atoms with Crippen molar-refractivity contribution in [2.75, 3.05) is 0 Å². The van der Waals surface area contributed by atoms with Gasteiger partial charge >= 0.3 is 0 Å². The minimum atomic E-state index is -0.116. The fraction of sp³-hybridized carbons (Fsp3) is 0.286. The number of aromatic nitrogens is 1. The first-order valence-corrected chi connectivity index (χ1v) is 4.21. The number of carbonyl (C=O) groups is 1. The quantitative estimate of drug-likeness (QED) is 0.702. The maximum absolute atomic E-state index is 10.1. The normalized spacial score (nSPS) is 11.7. The van der Waals surface area contributed by atoms with E-state index in [1.807, 2.05) is 13.0 Å². The summed E-state index contributed by atoms with van der Waals surface area (Å²) < 4.78 is 0. The third-order valence-electron chi connectivity index (χ3n) is 1.32. The molecule has 1 rings (SSSR count). The molecule has 0 aliphatic rings. The second-order valence-corrected chi connectivity index (χ2v) is 3.08. The van der Waals surface area contributed by atoms with Gasteiger partial charge in [0.2, 0.25) is 6.41 Å². The second kappa shape index (κ2) is 3.83. The van der Waals surface area contributed by atoms with Crippen LogP contribution in [0.25, 0.3) is 0 Å². The van der Waals surface area contributed by atoms with Crippen molar-refractivity contribution in [3.8, 4) is 6.07 Å². The molecule has 4 nitrogen and oxygen atoms in total. The Hall–Kier alpha value is -1.41. The van der Waals surface area contributed by atoms with Gasteiger partial charge in [-0.15, -0.1) is 11.3 Å². The summed E-state index contributed by atoms with van der Waals surface area (Å²) in [6.07, 6.45) is 0.623. The van der Waals surface area contributed by atoms with Crippen molar-refractivity contribution in [2.45, 2.75) is 13.0 Å². The van der Waals surface area contributed by atoms with Crippen molar-refractivity contribution in [1.82, 2.24) is 10.3 Å². The zero-order chi connectivity index (χ0) is 8.97. The zero-order valence-corrected chi connectivity index (χ0v) is 7.26. The monoisotopic (exact) mass is 181 g/mol. The van der Waals surface area contributed by atoms with Gasteiger partial charge in [0, 0.05) is 5.38 Å². The number of amides is 1. The Kier molecular flexibility index (Phi) is 2.77. The Balaban J connectivity index is 2.75. The number of nitriles is 1. The highest BCUT2D eigenvalue weighted by molar-refractivity contribution is 7.09. The number of carbonyl (C=O) groups excluding carboxylic acids is 1. The molecule has 0 aliphatic carbocycles. The zero-order valence-electron chi connectivity index (χ0n) is 6.44. The van der Waals surface area contributed by atoms with Crippen molar-refractivity contribution < 1.29 is 4.79 Å². The van der Waals surface area contributed by atoms with Crippen LogP contribution >= 0.6 is 11.3 Å². The molecule has 5 heteroatoms. The Morgan fingerprint density at radius 3 is 3.17 bits per heavy atom. The van der Waals surface area contributed by atoms with Gasteiger partial charge in [0.1, 0.15) is 11.1 Å². The molecular weight excluding hydrogens is 174 g/mol. The number of thiazole rings is 1. The van der Waals surface area contributed by atoms with Gasteiger partial charge in [-0.3, -0.25) is 4.79 Å². The molecule has 1 amide bonds. The van der Waals surface area contributed by atoms with Gasteiger partial charge in [-0.1, -0.05) is 0 Å². The molecule has 0 radical (unpaired) electrons. The molecule has 1 aromatic rings. The van der Waals surface area contributed by atoms with Gasteiger partial charge in [-0.05, 0) is 6.92 Å². The van der Waals surface area contributed by atoms with Crippen LogP contribution in [0.1, 0.15) is 23.7 Å². The molecule has 1 aromatic heterocycles. The predicted octanol–water partition coefficient (Wildman–Crippen LogP) is 0.822. The lowest BCUT2D eigenvalue weighted by Crippen LogP contribution is -2.15. The highest BCUT2D eigenvalue weighted by Gasteiger charge is 2.08. The van der Waals surface area contributed by atoms with E-state index >= 15 is 0 Å².